The first-order chi connectivity index (χ1) is 12.4. The van der Waals surface area contributed by atoms with Crippen LogP contribution in [0.1, 0.15) is 32.0 Å². The summed E-state index contributed by atoms with van der Waals surface area (Å²) in [4.78, 5) is 33.1. The molecule has 0 saturated carbocycles. The van der Waals surface area contributed by atoms with Gasteiger partial charge in [-0.25, -0.2) is 0 Å². The molecule has 1 atom stereocenters. The van der Waals surface area contributed by atoms with E-state index in [1.54, 1.807) is 16.9 Å². The summed E-state index contributed by atoms with van der Waals surface area (Å²) < 4.78 is 5.36. The molecule has 1 aromatic carbocycles. The minimum Gasteiger partial charge on any atom is -0.497 e. The van der Waals surface area contributed by atoms with Gasteiger partial charge in [0.05, 0.1) is 19.3 Å². The van der Waals surface area contributed by atoms with Crippen molar-refractivity contribution in [3.05, 3.63) is 29.5 Å². The number of carbonyl (C=O) groups is 2. The maximum absolute atomic E-state index is 13.4. The molecule has 1 saturated heterocycles. The second-order valence-electron chi connectivity index (χ2n) is 7.84. The lowest BCUT2D eigenvalue weighted by Gasteiger charge is -2.49. The Hall–Kier alpha value is -2.50. The molecular formula is C20H25N3O3. The van der Waals surface area contributed by atoms with Gasteiger partial charge in [-0.3, -0.25) is 9.59 Å². The number of rotatable bonds is 3. The van der Waals surface area contributed by atoms with Crippen molar-refractivity contribution in [2.75, 3.05) is 26.7 Å². The van der Waals surface area contributed by atoms with Crippen molar-refractivity contribution >= 4 is 22.7 Å². The van der Waals surface area contributed by atoms with Crippen LogP contribution in [-0.2, 0) is 21.5 Å². The molecule has 1 fully saturated rings. The molecule has 0 spiro atoms. The van der Waals surface area contributed by atoms with Crippen LogP contribution < -0.4 is 4.74 Å². The van der Waals surface area contributed by atoms with E-state index in [1.807, 2.05) is 25.1 Å². The second kappa shape index (κ2) is 5.76. The number of piperazine rings is 1. The van der Waals surface area contributed by atoms with Gasteiger partial charge in [-0.15, -0.1) is 0 Å². The van der Waals surface area contributed by atoms with Gasteiger partial charge in [-0.05, 0) is 43.0 Å². The maximum Gasteiger partial charge on any atom is 0.254 e. The Morgan fingerprint density at radius 2 is 2.08 bits per heavy atom. The Kier molecular flexibility index (Phi) is 3.75. The number of carbonyl (C=O) groups excluding carboxylic acids is 2. The molecule has 0 aliphatic carbocycles. The van der Waals surface area contributed by atoms with Crippen LogP contribution in [0.2, 0.25) is 0 Å². The normalized spacial score (nSPS) is 22.8. The van der Waals surface area contributed by atoms with E-state index in [2.05, 4.69) is 18.8 Å². The predicted molar refractivity (Wildman–Crippen MR) is 99.0 cm³/mol. The van der Waals surface area contributed by atoms with Crippen LogP contribution in [0, 0.1) is 5.92 Å². The van der Waals surface area contributed by atoms with E-state index in [4.69, 9.17) is 4.74 Å². The van der Waals surface area contributed by atoms with Crippen molar-refractivity contribution in [1.29, 1.82) is 0 Å². The molecule has 6 heteroatoms. The zero-order chi connectivity index (χ0) is 18.6. The van der Waals surface area contributed by atoms with Crippen LogP contribution in [0.5, 0.6) is 5.75 Å². The first-order valence-electron chi connectivity index (χ1n) is 9.15. The van der Waals surface area contributed by atoms with Crippen LogP contribution in [0.15, 0.2) is 18.2 Å². The van der Waals surface area contributed by atoms with Crippen molar-refractivity contribution in [2.45, 2.75) is 32.7 Å². The molecule has 1 unspecified atom stereocenters. The fraction of sp³-hybridized carbons (Fsp3) is 0.500. The molecule has 2 aromatic rings. The fourth-order valence-electron chi connectivity index (χ4n) is 4.42. The fourth-order valence-corrected chi connectivity index (χ4v) is 4.42. The molecule has 3 heterocycles. The maximum atomic E-state index is 13.4. The molecule has 26 heavy (non-hydrogen) atoms. The SMILES string of the molecule is COc1ccc2[nH]c3c(c2c1)CCN1C(=O)CN(CC(C)C)C(=O)C31C. The summed E-state index contributed by atoms with van der Waals surface area (Å²) in [5.41, 5.74) is 1.97. The summed E-state index contributed by atoms with van der Waals surface area (Å²) >= 11 is 0. The molecule has 0 radical (unpaired) electrons. The van der Waals surface area contributed by atoms with E-state index in [9.17, 15) is 9.59 Å². The van der Waals surface area contributed by atoms with Crippen LogP contribution in [-0.4, -0.2) is 53.3 Å². The predicted octanol–water partition coefficient (Wildman–Crippen LogP) is 2.27. The van der Waals surface area contributed by atoms with E-state index in [0.717, 1.165) is 34.3 Å². The smallest absolute Gasteiger partial charge is 0.254 e. The largest absolute Gasteiger partial charge is 0.497 e. The number of aromatic amines is 1. The monoisotopic (exact) mass is 355 g/mol. The van der Waals surface area contributed by atoms with E-state index in [-0.39, 0.29) is 18.4 Å². The Bertz CT molecular complexity index is 901. The molecule has 4 rings (SSSR count). The summed E-state index contributed by atoms with van der Waals surface area (Å²) in [7, 11) is 1.65. The summed E-state index contributed by atoms with van der Waals surface area (Å²) in [6, 6.07) is 5.88. The number of hydrogen-bond donors (Lipinski definition) is 1. The van der Waals surface area contributed by atoms with Gasteiger partial charge < -0.3 is 19.5 Å². The lowest BCUT2D eigenvalue weighted by Crippen LogP contribution is -2.67. The Morgan fingerprint density at radius 1 is 1.31 bits per heavy atom. The highest BCUT2D eigenvalue weighted by Crippen LogP contribution is 2.42. The van der Waals surface area contributed by atoms with Crippen LogP contribution >= 0.6 is 0 Å². The third-order valence-corrected chi connectivity index (χ3v) is 5.64. The van der Waals surface area contributed by atoms with E-state index < -0.39 is 5.54 Å². The van der Waals surface area contributed by atoms with Crippen LogP contribution in [0.25, 0.3) is 10.9 Å². The van der Waals surface area contributed by atoms with E-state index >= 15 is 0 Å². The van der Waals surface area contributed by atoms with Gasteiger partial charge in [0, 0.05) is 24.0 Å². The van der Waals surface area contributed by atoms with Gasteiger partial charge in [0.15, 0.2) is 5.54 Å². The molecular weight excluding hydrogens is 330 g/mol. The zero-order valence-corrected chi connectivity index (χ0v) is 15.8. The van der Waals surface area contributed by atoms with E-state index in [1.165, 1.54) is 0 Å². The van der Waals surface area contributed by atoms with Gasteiger partial charge in [0.25, 0.3) is 5.91 Å². The first-order valence-corrected chi connectivity index (χ1v) is 9.15. The topological polar surface area (TPSA) is 65.6 Å². The highest BCUT2D eigenvalue weighted by atomic mass is 16.5. The second-order valence-corrected chi connectivity index (χ2v) is 7.84. The number of ether oxygens (including phenoxy) is 1. The minimum atomic E-state index is -0.968. The van der Waals surface area contributed by atoms with Crippen molar-refractivity contribution in [3.8, 4) is 5.75 Å². The van der Waals surface area contributed by atoms with Crippen molar-refractivity contribution in [2.24, 2.45) is 5.92 Å². The van der Waals surface area contributed by atoms with Crippen molar-refractivity contribution < 1.29 is 14.3 Å². The summed E-state index contributed by atoms with van der Waals surface area (Å²) in [5.74, 6) is 1.14. The Labute approximate surface area is 153 Å². The van der Waals surface area contributed by atoms with Crippen molar-refractivity contribution in [3.63, 3.8) is 0 Å². The number of aromatic nitrogens is 1. The number of H-pyrrole nitrogens is 1. The lowest BCUT2D eigenvalue weighted by molar-refractivity contribution is -0.166. The molecule has 2 amide bonds. The zero-order valence-electron chi connectivity index (χ0n) is 15.8. The Morgan fingerprint density at radius 3 is 2.77 bits per heavy atom. The van der Waals surface area contributed by atoms with Crippen LogP contribution in [0.3, 0.4) is 0 Å². The van der Waals surface area contributed by atoms with E-state index in [0.29, 0.717) is 19.0 Å². The quantitative estimate of drug-likeness (QED) is 0.919. The molecule has 1 N–H and O–H groups in total. The molecule has 138 valence electrons. The minimum absolute atomic E-state index is 0.00488. The number of hydrogen-bond acceptors (Lipinski definition) is 3. The average Bonchev–Trinajstić information content (AvgIpc) is 2.98. The van der Waals surface area contributed by atoms with Gasteiger partial charge in [-0.1, -0.05) is 13.8 Å². The standard InChI is InChI=1S/C20H25N3O3/c1-12(2)10-22-11-17(24)23-8-7-14-15-9-13(26-4)5-6-16(15)21-18(14)20(23,3)19(22)25/h5-6,9,12,21H,7-8,10-11H2,1-4H3. The molecule has 6 nitrogen and oxygen atoms in total. The summed E-state index contributed by atoms with van der Waals surface area (Å²) in [6.45, 7) is 7.34. The Balaban J connectivity index is 1.87. The molecule has 2 aliphatic heterocycles. The third kappa shape index (κ3) is 2.24. The summed E-state index contributed by atoms with van der Waals surface area (Å²) in [5, 5.41) is 1.07. The summed E-state index contributed by atoms with van der Waals surface area (Å²) in [6.07, 6.45) is 0.737. The van der Waals surface area contributed by atoms with Gasteiger partial charge in [-0.2, -0.15) is 0 Å². The number of benzene rings is 1. The highest BCUT2D eigenvalue weighted by molar-refractivity contribution is 6.00. The van der Waals surface area contributed by atoms with Gasteiger partial charge >= 0.3 is 0 Å². The average molecular weight is 355 g/mol. The molecule has 0 bridgehead atoms. The first kappa shape index (κ1) is 16.9. The molecule has 1 aromatic heterocycles. The van der Waals surface area contributed by atoms with Crippen molar-refractivity contribution in [1.82, 2.24) is 14.8 Å². The number of amides is 2. The van der Waals surface area contributed by atoms with Gasteiger partial charge in [0.1, 0.15) is 5.75 Å². The van der Waals surface area contributed by atoms with Crippen LogP contribution in [0.4, 0.5) is 0 Å². The number of nitrogens with one attached hydrogen (secondary N) is 1. The number of nitrogens with zero attached hydrogens (tertiary/aromatic N) is 2. The van der Waals surface area contributed by atoms with Gasteiger partial charge in [0.2, 0.25) is 5.91 Å². The molecule has 2 aliphatic rings. The highest BCUT2D eigenvalue weighted by Gasteiger charge is 2.54. The number of methoxy groups -OCH3 is 1. The third-order valence-electron chi connectivity index (χ3n) is 5.64. The number of fused-ring (bicyclic) bond motifs is 5. The lowest BCUT2D eigenvalue weighted by atomic mass is 9.83.